The number of urea groups is 1. The molecule has 1 unspecified atom stereocenters. The maximum Gasteiger partial charge on any atom is 0.408 e. The van der Waals surface area contributed by atoms with Gasteiger partial charge < -0.3 is 29.9 Å². The molecule has 49 heavy (non-hydrogen) atoms. The van der Waals surface area contributed by atoms with Gasteiger partial charge in [0.25, 0.3) is 5.91 Å². The largest absolute Gasteiger partial charge is 0.444 e. The van der Waals surface area contributed by atoms with Gasteiger partial charge in [-0.2, -0.15) is 13.2 Å². The number of alkyl carbamates (subject to hydrolysis) is 1. The summed E-state index contributed by atoms with van der Waals surface area (Å²) in [5, 5.41) is 5.11. The molecular weight excluding hydrogens is 649 g/mol. The number of aromatic nitrogens is 1. The van der Waals surface area contributed by atoms with Gasteiger partial charge in [0, 0.05) is 31.4 Å². The number of ether oxygens (including phenoxy) is 2. The van der Waals surface area contributed by atoms with Gasteiger partial charge in [-0.1, -0.05) is 36.4 Å². The lowest BCUT2D eigenvalue weighted by atomic mass is 9.88. The fourth-order valence-electron chi connectivity index (χ4n) is 5.61. The zero-order valence-corrected chi connectivity index (χ0v) is 28.0. The summed E-state index contributed by atoms with van der Waals surface area (Å²) in [6, 6.07) is 11.4. The van der Waals surface area contributed by atoms with Crippen LogP contribution in [0, 0.1) is 0 Å². The van der Waals surface area contributed by atoms with E-state index in [0.29, 0.717) is 5.69 Å². The minimum absolute atomic E-state index is 0.0802. The molecule has 2 aliphatic heterocycles. The molecule has 2 saturated heterocycles. The number of amides is 6. The molecule has 266 valence electrons. The van der Waals surface area contributed by atoms with Crippen LogP contribution >= 0.6 is 0 Å². The normalized spacial score (nSPS) is 19.0. The van der Waals surface area contributed by atoms with Crippen molar-refractivity contribution in [3.05, 3.63) is 66.0 Å². The van der Waals surface area contributed by atoms with E-state index in [1.807, 2.05) is 6.07 Å². The van der Waals surface area contributed by atoms with Gasteiger partial charge in [-0.05, 0) is 52.3 Å². The number of hydrogen-bond acceptors (Lipinski definition) is 8. The van der Waals surface area contributed by atoms with Gasteiger partial charge in [0.05, 0.1) is 19.8 Å². The number of nitrogens with zero attached hydrogens (tertiary/aromatic N) is 4. The van der Waals surface area contributed by atoms with Crippen molar-refractivity contribution < 1.29 is 46.6 Å². The summed E-state index contributed by atoms with van der Waals surface area (Å²) in [7, 11) is 0. The second kappa shape index (κ2) is 14.4. The summed E-state index contributed by atoms with van der Waals surface area (Å²) in [5.74, 6) is -2.57. The summed E-state index contributed by atoms with van der Waals surface area (Å²) in [6.45, 7) is 4.89. The number of halogens is 3. The number of imide groups is 1. The Morgan fingerprint density at radius 1 is 0.980 bits per heavy atom. The molecule has 2 atom stereocenters. The number of benzene rings is 1. The van der Waals surface area contributed by atoms with Crippen molar-refractivity contribution in [3.8, 4) is 0 Å². The van der Waals surface area contributed by atoms with Crippen LogP contribution < -0.4 is 10.6 Å². The van der Waals surface area contributed by atoms with E-state index in [-0.39, 0.29) is 37.6 Å². The third-order valence-corrected chi connectivity index (χ3v) is 7.90. The number of carbonyl (C=O) groups excluding carboxylic acids is 5. The van der Waals surface area contributed by atoms with Crippen LogP contribution in [-0.2, 0) is 36.9 Å². The maximum atomic E-state index is 14.2. The van der Waals surface area contributed by atoms with Crippen LogP contribution in [0.5, 0.6) is 0 Å². The number of rotatable bonds is 11. The highest BCUT2D eigenvalue weighted by Crippen LogP contribution is 2.36. The van der Waals surface area contributed by atoms with Gasteiger partial charge in [0.1, 0.15) is 29.3 Å². The molecule has 2 aromatic rings. The first-order chi connectivity index (χ1) is 22.8. The number of nitrogens with one attached hydrogen (secondary N) is 2. The molecule has 0 aliphatic carbocycles. The number of carbonyl (C=O) groups is 5. The van der Waals surface area contributed by atoms with Crippen molar-refractivity contribution in [2.45, 2.75) is 76.5 Å². The summed E-state index contributed by atoms with van der Waals surface area (Å²) >= 11 is 0. The predicted molar refractivity (Wildman–Crippen MR) is 169 cm³/mol. The molecule has 0 radical (unpaired) electrons. The Kier molecular flexibility index (Phi) is 10.9. The molecule has 2 N–H and O–H groups in total. The summed E-state index contributed by atoms with van der Waals surface area (Å²) < 4.78 is 51.5. The van der Waals surface area contributed by atoms with E-state index in [2.05, 4.69) is 15.6 Å². The van der Waals surface area contributed by atoms with Crippen LogP contribution in [0.15, 0.2) is 54.7 Å². The Bertz CT molecular complexity index is 1530. The summed E-state index contributed by atoms with van der Waals surface area (Å²) in [4.78, 5) is 73.9. The molecule has 0 spiro atoms. The van der Waals surface area contributed by atoms with Gasteiger partial charge in [0.15, 0.2) is 0 Å². The van der Waals surface area contributed by atoms with Crippen LogP contribution in [0.1, 0.15) is 45.9 Å². The standard InChI is InChI=1S/C33H41F3N6O7/c1-30(2,3)49-28(46)39-31(4,5)26(44)38-24(19-48-18-22-11-7-6-8-12-22)25(43)40-15-16-42-29(47)41(21-33(34,35)36)27(45)32(42,20-40)17-23-13-9-10-14-37-23/h6-14,24H,15-21H2,1-5H3,(H,38,44)(H,39,46)/t24-,32?/m1/s1. The Morgan fingerprint density at radius 3 is 2.27 bits per heavy atom. The Morgan fingerprint density at radius 2 is 1.65 bits per heavy atom. The highest BCUT2D eigenvalue weighted by atomic mass is 19.4. The van der Waals surface area contributed by atoms with E-state index in [0.717, 1.165) is 10.5 Å². The lowest BCUT2D eigenvalue weighted by Gasteiger charge is -2.45. The van der Waals surface area contributed by atoms with Crippen molar-refractivity contribution in [1.82, 2.24) is 30.3 Å². The first-order valence-corrected chi connectivity index (χ1v) is 15.6. The third-order valence-electron chi connectivity index (χ3n) is 7.90. The van der Waals surface area contributed by atoms with E-state index < -0.39 is 71.8 Å². The topological polar surface area (TPSA) is 150 Å². The smallest absolute Gasteiger partial charge is 0.408 e. The maximum absolute atomic E-state index is 14.2. The van der Waals surface area contributed by atoms with Crippen molar-refractivity contribution >= 4 is 29.8 Å². The fraction of sp³-hybridized carbons (Fsp3) is 0.515. The van der Waals surface area contributed by atoms with E-state index in [9.17, 15) is 37.1 Å². The van der Waals surface area contributed by atoms with E-state index in [4.69, 9.17) is 9.47 Å². The van der Waals surface area contributed by atoms with Crippen LogP contribution in [0.2, 0.25) is 0 Å². The number of pyridine rings is 1. The number of piperazine rings is 1. The molecule has 1 aromatic carbocycles. The third kappa shape index (κ3) is 9.25. The minimum atomic E-state index is -4.85. The molecule has 1 aromatic heterocycles. The molecule has 4 rings (SSSR count). The monoisotopic (exact) mass is 690 g/mol. The predicted octanol–water partition coefficient (Wildman–Crippen LogP) is 3.04. The molecule has 2 fully saturated rings. The molecule has 16 heteroatoms. The Balaban J connectivity index is 1.61. The van der Waals surface area contributed by atoms with Crippen molar-refractivity contribution in [2.24, 2.45) is 0 Å². The van der Waals surface area contributed by atoms with Gasteiger partial charge in [-0.25, -0.2) is 9.59 Å². The molecule has 3 heterocycles. The lowest BCUT2D eigenvalue weighted by molar-refractivity contribution is -0.157. The average molecular weight is 691 g/mol. The van der Waals surface area contributed by atoms with Crippen molar-refractivity contribution in [2.75, 3.05) is 32.8 Å². The second-order valence-corrected chi connectivity index (χ2v) is 13.5. The van der Waals surface area contributed by atoms with E-state index >= 15 is 0 Å². The quantitative estimate of drug-likeness (QED) is 0.342. The summed E-state index contributed by atoms with van der Waals surface area (Å²) in [5.41, 5.74) is -3.19. The van der Waals surface area contributed by atoms with Crippen molar-refractivity contribution in [3.63, 3.8) is 0 Å². The van der Waals surface area contributed by atoms with E-state index in [1.54, 1.807) is 63.2 Å². The number of hydrogen-bond donors (Lipinski definition) is 2. The first-order valence-electron chi connectivity index (χ1n) is 15.6. The molecule has 6 amide bonds. The van der Waals surface area contributed by atoms with E-state index in [1.165, 1.54) is 24.9 Å². The Hall–Kier alpha value is -4.73. The summed E-state index contributed by atoms with van der Waals surface area (Å²) in [6.07, 6.45) is -4.53. The SMILES string of the molecule is CC(C)(C)OC(=O)NC(C)(C)C(=O)N[C@H](COCc1ccccc1)C(=O)N1CCN2C(=O)N(CC(F)(F)F)C(=O)C2(Cc2ccccn2)C1. The molecule has 0 bridgehead atoms. The zero-order chi connectivity index (χ0) is 36.2. The van der Waals surface area contributed by atoms with Gasteiger partial charge in [0.2, 0.25) is 11.8 Å². The number of alkyl halides is 3. The van der Waals surface area contributed by atoms with Crippen LogP contribution in [-0.4, -0.2) is 111 Å². The average Bonchev–Trinajstić information content (AvgIpc) is 3.19. The fourth-order valence-corrected chi connectivity index (χ4v) is 5.61. The van der Waals surface area contributed by atoms with Gasteiger partial charge in [-0.3, -0.25) is 24.3 Å². The highest BCUT2D eigenvalue weighted by molar-refractivity contribution is 6.08. The highest BCUT2D eigenvalue weighted by Gasteiger charge is 2.61. The molecular formula is C33H41F3N6O7. The molecule has 0 saturated carbocycles. The molecule has 2 aliphatic rings. The van der Waals surface area contributed by atoms with Crippen LogP contribution in [0.3, 0.4) is 0 Å². The molecule has 13 nitrogen and oxygen atoms in total. The van der Waals surface area contributed by atoms with Crippen molar-refractivity contribution in [1.29, 1.82) is 0 Å². The van der Waals surface area contributed by atoms with Gasteiger partial charge in [-0.15, -0.1) is 0 Å². The number of fused-ring (bicyclic) bond motifs is 1. The van der Waals surface area contributed by atoms with Crippen LogP contribution in [0.25, 0.3) is 0 Å². The van der Waals surface area contributed by atoms with Crippen LogP contribution in [0.4, 0.5) is 22.8 Å². The second-order valence-electron chi connectivity index (χ2n) is 13.5. The van der Waals surface area contributed by atoms with Gasteiger partial charge >= 0.3 is 18.3 Å². The lowest BCUT2D eigenvalue weighted by Crippen LogP contribution is -2.67. The first kappa shape index (κ1) is 37.1. The minimum Gasteiger partial charge on any atom is -0.444 e. The Labute approximate surface area is 282 Å². The zero-order valence-electron chi connectivity index (χ0n) is 28.0.